The van der Waals surface area contributed by atoms with Crippen molar-refractivity contribution < 1.29 is 4.79 Å². The monoisotopic (exact) mass is 432 g/mol. The Morgan fingerprint density at radius 1 is 0.903 bits per heavy atom. The zero-order valence-corrected chi connectivity index (χ0v) is 17.6. The maximum atomic E-state index is 12.7. The van der Waals surface area contributed by atoms with Gasteiger partial charge in [0.1, 0.15) is 5.82 Å². The number of benzene rings is 2. The Bertz CT molecular complexity index is 1220. The second kappa shape index (κ2) is 8.35. The van der Waals surface area contributed by atoms with Crippen molar-refractivity contribution in [1.82, 2.24) is 24.7 Å². The zero-order chi connectivity index (χ0) is 21.2. The fraction of sp³-hybridized carbons (Fsp3) is 0.217. The molecule has 0 spiro atoms. The summed E-state index contributed by atoms with van der Waals surface area (Å²) in [4.78, 5) is 16.8. The molecule has 0 aliphatic carbocycles. The van der Waals surface area contributed by atoms with Crippen LogP contribution in [0.2, 0.25) is 5.02 Å². The number of fused-ring (bicyclic) bond motifs is 1. The third kappa shape index (κ3) is 4.09. The van der Waals surface area contributed by atoms with Crippen molar-refractivity contribution >= 4 is 29.0 Å². The van der Waals surface area contributed by atoms with Crippen LogP contribution in [0.15, 0.2) is 66.7 Å². The van der Waals surface area contributed by atoms with Crippen molar-refractivity contribution in [2.24, 2.45) is 0 Å². The Kier molecular flexibility index (Phi) is 5.26. The molecule has 3 heterocycles. The summed E-state index contributed by atoms with van der Waals surface area (Å²) in [6.07, 6.45) is 0.367. The van der Waals surface area contributed by atoms with E-state index in [1.54, 1.807) is 4.52 Å². The number of aromatic nitrogens is 4. The Morgan fingerprint density at radius 3 is 2.48 bits per heavy atom. The molecule has 4 aromatic rings. The minimum Gasteiger partial charge on any atom is -0.352 e. The molecule has 7 nitrogen and oxygen atoms in total. The van der Waals surface area contributed by atoms with Gasteiger partial charge in [0.05, 0.1) is 6.42 Å². The largest absolute Gasteiger partial charge is 0.352 e. The molecule has 0 bridgehead atoms. The van der Waals surface area contributed by atoms with E-state index in [1.165, 1.54) is 0 Å². The van der Waals surface area contributed by atoms with Crippen LogP contribution in [0.1, 0.15) is 5.56 Å². The van der Waals surface area contributed by atoms with Crippen LogP contribution in [0.5, 0.6) is 0 Å². The van der Waals surface area contributed by atoms with Gasteiger partial charge in [0.15, 0.2) is 11.5 Å². The number of nitrogens with zero attached hydrogens (tertiary/aromatic N) is 6. The Morgan fingerprint density at radius 2 is 1.71 bits per heavy atom. The molecule has 8 heteroatoms. The normalized spacial score (nSPS) is 14.2. The molecule has 0 saturated carbocycles. The quantitative estimate of drug-likeness (QED) is 0.495. The maximum Gasteiger partial charge on any atom is 0.227 e. The highest BCUT2D eigenvalue weighted by molar-refractivity contribution is 6.30. The second-order valence-electron chi connectivity index (χ2n) is 7.53. The molecule has 0 atom stereocenters. The third-order valence-electron chi connectivity index (χ3n) is 5.48. The van der Waals surface area contributed by atoms with Gasteiger partial charge in [0.2, 0.25) is 5.91 Å². The standard InChI is InChI=1S/C23H21ClN6O/c24-19-8-4-5-17(15-19)16-22(31)29-13-11-28(12-14-29)21-10-9-20-25-26-23(30(20)27-21)18-6-2-1-3-7-18/h1-10,15H,11-14,16H2. The van der Waals surface area contributed by atoms with Crippen molar-refractivity contribution in [3.05, 3.63) is 77.3 Å². The fourth-order valence-electron chi connectivity index (χ4n) is 3.83. The van der Waals surface area contributed by atoms with Crippen molar-refractivity contribution in [1.29, 1.82) is 0 Å². The average molecular weight is 433 g/mol. The summed E-state index contributed by atoms with van der Waals surface area (Å²) < 4.78 is 1.78. The topological polar surface area (TPSA) is 66.6 Å². The molecule has 31 heavy (non-hydrogen) atoms. The maximum absolute atomic E-state index is 12.7. The van der Waals surface area contributed by atoms with E-state index in [0.717, 1.165) is 30.0 Å². The highest BCUT2D eigenvalue weighted by atomic mass is 35.5. The number of amides is 1. The molecule has 1 saturated heterocycles. The number of hydrogen-bond donors (Lipinski definition) is 0. The van der Waals surface area contributed by atoms with Gasteiger partial charge in [-0.25, -0.2) is 0 Å². The van der Waals surface area contributed by atoms with Gasteiger partial charge >= 0.3 is 0 Å². The SMILES string of the molecule is O=C(Cc1cccc(Cl)c1)N1CCN(c2ccc3nnc(-c4ccccc4)n3n2)CC1. The summed E-state index contributed by atoms with van der Waals surface area (Å²) in [6.45, 7) is 2.77. The van der Waals surface area contributed by atoms with Gasteiger partial charge in [0, 0.05) is 36.8 Å². The van der Waals surface area contributed by atoms with E-state index in [4.69, 9.17) is 16.7 Å². The smallest absolute Gasteiger partial charge is 0.227 e. The summed E-state index contributed by atoms with van der Waals surface area (Å²) in [5, 5.41) is 14.0. The number of rotatable bonds is 4. The number of carbonyl (C=O) groups excluding carboxylic acids is 1. The zero-order valence-electron chi connectivity index (χ0n) is 16.9. The van der Waals surface area contributed by atoms with Gasteiger partial charge in [-0.05, 0) is 29.8 Å². The highest BCUT2D eigenvalue weighted by Gasteiger charge is 2.23. The molecule has 1 fully saturated rings. The van der Waals surface area contributed by atoms with Crippen molar-refractivity contribution in [2.75, 3.05) is 31.1 Å². The molecular weight excluding hydrogens is 412 g/mol. The average Bonchev–Trinajstić information content (AvgIpc) is 3.23. The summed E-state index contributed by atoms with van der Waals surface area (Å²) >= 11 is 6.04. The van der Waals surface area contributed by atoms with E-state index in [2.05, 4.69) is 15.1 Å². The Balaban J connectivity index is 1.28. The van der Waals surface area contributed by atoms with Crippen molar-refractivity contribution in [3.63, 3.8) is 0 Å². The van der Waals surface area contributed by atoms with Gasteiger partial charge in [-0.2, -0.15) is 4.52 Å². The van der Waals surface area contributed by atoms with Gasteiger partial charge < -0.3 is 9.80 Å². The van der Waals surface area contributed by atoms with Crippen molar-refractivity contribution in [3.8, 4) is 11.4 Å². The lowest BCUT2D eigenvalue weighted by molar-refractivity contribution is -0.130. The molecule has 0 radical (unpaired) electrons. The lowest BCUT2D eigenvalue weighted by atomic mass is 10.1. The molecule has 2 aromatic carbocycles. The molecule has 2 aromatic heterocycles. The number of carbonyl (C=O) groups is 1. The van der Waals surface area contributed by atoms with Crippen LogP contribution in [0.3, 0.4) is 0 Å². The molecular formula is C23H21ClN6O. The number of hydrogen-bond acceptors (Lipinski definition) is 5. The molecule has 156 valence electrons. The lowest BCUT2D eigenvalue weighted by Crippen LogP contribution is -2.49. The van der Waals surface area contributed by atoms with Crippen LogP contribution in [0.25, 0.3) is 17.0 Å². The van der Waals surface area contributed by atoms with Crippen molar-refractivity contribution in [2.45, 2.75) is 6.42 Å². The van der Waals surface area contributed by atoms with Gasteiger partial charge in [0.25, 0.3) is 0 Å². The van der Waals surface area contributed by atoms with E-state index < -0.39 is 0 Å². The summed E-state index contributed by atoms with van der Waals surface area (Å²) in [7, 11) is 0. The molecule has 0 unspecified atom stereocenters. The lowest BCUT2D eigenvalue weighted by Gasteiger charge is -2.35. The van der Waals surface area contributed by atoms with E-state index in [0.29, 0.717) is 36.0 Å². The first-order chi connectivity index (χ1) is 15.2. The summed E-state index contributed by atoms with van der Waals surface area (Å²) in [5.74, 6) is 1.69. The number of anilines is 1. The number of piperazine rings is 1. The van der Waals surface area contributed by atoms with Crippen LogP contribution in [0.4, 0.5) is 5.82 Å². The minimum atomic E-state index is 0.121. The minimum absolute atomic E-state index is 0.121. The van der Waals surface area contributed by atoms with Crippen LogP contribution >= 0.6 is 11.6 Å². The Labute approximate surface area is 184 Å². The summed E-state index contributed by atoms with van der Waals surface area (Å²) in [6, 6.07) is 21.3. The van der Waals surface area contributed by atoms with E-state index in [1.807, 2.05) is 71.6 Å². The van der Waals surface area contributed by atoms with Crippen LogP contribution in [-0.4, -0.2) is 56.8 Å². The van der Waals surface area contributed by atoms with Gasteiger partial charge in [-0.3, -0.25) is 4.79 Å². The molecule has 1 aliphatic heterocycles. The van der Waals surface area contributed by atoms with Crippen LogP contribution in [-0.2, 0) is 11.2 Å². The molecule has 1 aliphatic rings. The molecule has 0 N–H and O–H groups in total. The van der Waals surface area contributed by atoms with Crippen LogP contribution < -0.4 is 4.90 Å². The van der Waals surface area contributed by atoms with Crippen LogP contribution in [0, 0.1) is 0 Å². The first-order valence-electron chi connectivity index (χ1n) is 10.2. The van der Waals surface area contributed by atoms with Gasteiger partial charge in [-0.1, -0.05) is 54.1 Å². The first kappa shape index (κ1) is 19.5. The second-order valence-corrected chi connectivity index (χ2v) is 7.96. The van der Waals surface area contributed by atoms with E-state index >= 15 is 0 Å². The van der Waals surface area contributed by atoms with E-state index in [-0.39, 0.29) is 5.91 Å². The predicted octanol–water partition coefficient (Wildman–Crippen LogP) is 3.34. The molecule has 5 rings (SSSR count). The number of halogens is 1. The Hall–Kier alpha value is -3.45. The summed E-state index contributed by atoms with van der Waals surface area (Å²) in [5.41, 5.74) is 2.61. The third-order valence-corrected chi connectivity index (χ3v) is 5.72. The molecule has 1 amide bonds. The predicted molar refractivity (Wildman–Crippen MR) is 120 cm³/mol. The highest BCUT2D eigenvalue weighted by Crippen LogP contribution is 2.20. The van der Waals surface area contributed by atoms with E-state index in [9.17, 15) is 4.79 Å². The first-order valence-corrected chi connectivity index (χ1v) is 10.6. The fourth-order valence-corrected chi connectivity index (χ4v) is 4.05. The van der Waals surface area contributed by atoms with Gasteiger partial charge in [-0.15, -0.1) is 15.3 Å².